The van der Waals surface area contributed by atoms with Crippen molar-refractivity contribution < 1.29 is 22.3 Å². The first-order valence-corrected chi connectivity index (χ1v) is 5.63. The lowest BCUT2D eigenvalue weighted by molar-refractivity contribution is -0.167. The van der Waals surface area contributed by atoms with Crippen molar-refractivity contribution in [2.45, 2.75) is 18.4 Å². The number of ether oxygens (including phenoxy) is 1. The average molecular weight is 272 g/mol. The normalized spacial score (nSPS) is 14.2. The number of thiophene rings is 1. The molecule has 0 radical (unpaired) electrons. The molecule has 0 aliphatic rings. The first-order valence-electron chi connectivity index (χ1n) is 4.69. The molecule has 0 spiro atoms. The van der Waals surface area contributed by atoms with Gasteiger partial charge in [-0.2, -0.15) is 20.1 Å². The Morgan fingerprint density at radius 3 is 2.65 bits per heavy atom. The Hall–Kier alpha value is -0.700. The van der Waals surface area contributed by atoms with Gasteiger partial charge in [0.05, 0.1) is 12.6 Å². The molecule has 8 heteroatoms. The van der Waals surface area contributed by atoms with Gasteiger partial charge in [-0.25, -0.2) is 8.78 Å². The molecule has 0 saturated heterocycles. The first kappa shape index (κ1) is 14.4. The summed E-state index contributed by atoms with van der Waals surface area (Å²) >= 11 is 1.41. The predicted octanol–water partition coefficient (Wildman–Crippen LogP) is 2.17. The van der Waals surface area contributed by atoms with Crippen LogP contribution in [0.25, 0.3) is 0 Å². The Morgan fingerprint density at radius 2 is 2.18 bits per heavy atom. The molecule has 98 valence electrons. The van der Waals surface area contributed by atoms with Crippen molar-refractivity contribution in [3.8, 4) is 0 Å². The Morgan fingerprint density at radius 1 is 1.47 bits per heavy atom. The summed E-state index contributed by atoms with van der Waals surface area (Å²) in [6.45, 7) is -1.53. The molecular formula is C9H12F4N2OS. The third kappa shape index (κ3) is 4.23. The van der Waals surface area contributed by atoms with Gasteiger partial charge in [-0.05, 0) is 22.4 Å². The Balaban J connectivity index is 2.40. The van der Waals surface area contributed by atoms with E-state index in [4.69, 9.17) is 5.84 Å². The van der Waals surface area contributed by atoms with E-state index in [1.165, 1.54) is 11.3 Å². The maximum absolute atomic E-state index is 12.5. The molecule has 1 aromatic rings. The summed E-state index contributed by atoms with van der Waals surface area (Å²) in [6.07, 6.45) is -3.73. The predicted molar refractivity (Wildman–Crippen MR) is 56.2 cm³/mol. The highest BCUT2D eigenvalue weighted by atomic mass is 32.1. The molecule has 1 unspecified atom stereocenters. The van der Waals surface area contributed by atoms with E-state index < -0.39 is 25.0 Å². The largest absolute Gasteiger partial charge is 0.373 e. The van der Waals surface area contributed by atoms with Crippen LogP contribution in [0.4, 0.5) is 17.6 Å². The SMILES string of the molecule is NNC(COCC(F)(F)C(F)F)c1ccsc1. The molecule has 0 aromatic carbocycles. The van der Waals surface area contributed by atoms with E-state index >= 15 is 0 Å². The van der Waals surface area contributed by atoms with Gasteiger partial charge in [0, 0.05) is 0 Å². The number of halogens is 4. The second-order valence-electron chi connectivity index (χ2n) is 3.35. The fourth-order valence-electron chi connectivity index (χ4n) is 1.09. The molecule has 3 N–H and O–H groups in total. The van der Waals surface area contributed by atoms with Gasteiger partial charge in [0.25, 0.3) is 0 Å². The molecule has 1 heterocycles. The zero-order valence-electron chi connectivity index (χ0n) is 8.71. The highest BCUT2D eigenvalue weighted by Crippen LogP contribution is 2.24. The minimum atomic E-state index is -4.13. The van der Waals surface area contributed by atoms with Crippen molar-refractivity contribution in [3.05, 3.63) is 22.4 Å². The molecule has 17 heavy (non-hydrogen) atoms. The summed E-state index contributed by atoms with van der Waals surface area (Å²) in [5, 5.41) is 3.55. The number of alkyl halides is 4. The van der Waals surface area contributed by atoms with Crippen molar-refractivity contribution in [2.75, 3.05) is 13.2 Å². The Kier molecular flexibility index (Phi) is 5.31. The van der Waals surface area contributed by atoms with Crippen LogP contribution in [0.15, 0.2) is 16.8 Å². The topological polar surface area (TPSA) is 47.3 Å². The quantitative estimate of drug-likeness (QED) is 0.454. The molecule has 1 rings (SSSR count). The fourth-order valence-corrected chi connectivity index (χ4v) is 1.80. The van der Waals surface area contributed by atoms with E-state index in [1.54, 1.807) is 16.8 Å². The minimum Gasteiger partial charge on any atom is -0.373 e. The number of hydrazine groups is 1. The lowest BCUT2D eigenvalue weighted by Gasteiger charge is -2.18. The highest BCUT2D eigenvalue weighted by Gasteiger charge is 2.41. The van der Waals surface area contributed by atoms with Crippen molar-refractivity contribution in [3.63, 3.8) is 0 Å². The van der Waals surface area contributed by atoms with E-state index in [9.17, 15) is 17.6 Å². The zero-order valence-corrected chi connectivity index (χ0v) is 9.52. The van der Waals surface area contributed by atoms with Gasteiger partial charge in [-0.15, -0.1) is 0 Å². The van der Waals surface area contributed by atoms with Gasteiger partial charge >= 0.3 is 12.3 Å². The summed E-state index contributed by atoms with van der Waals surface area (Å²) in [5.41, 5.74) is 3.13. The Labute approximate surface area is 99.5 Å². The Bertz CT molecular complexity index is 321. The van der Waals surface area contributed by atoms with E-state index in [-0.39, 0.29) is 6.61 Å². The molecule has 1 aromatic heterocycles. The van der Waals surface area contributed by atoms with Gasteiger partial charge in [-0.1, -0.05) is 0 Å². The highest BCUT2D eigenvalue weighted by molar-refractivity contribution is 7.07. The monoisotopic (exact) mass is 272 g/mol. The van der Waals surface area contributed by atoms with E-state index in [2.05, 4.69) is 10.2 Å². The maximum atomic E-state index is 12.5. The second kappa shape index (κ2) is 6.29. The third-order valence-electron chi connectivity index (χ3n) is 2.05. The van der Waals surface area contributed by atoms with Crippen LogP contribution >= 0.6 is 11.3 Å². The van der Waals surface area contributed by atoms with Crippen LogP contribution in [0.1, 0.15) is 11.6 Å². The third-order valence-corrected chi connectivity index (χ3v) is 2.75. The fraction of sp³-hybridized carbons (Fsp3) is 0.556. The van der Waals surface area contributed by atoms with Crippen LogP contribution in [-0.4, -0.2) is 25.6 Å². The lowest BCUT2D eigenvalue weighted by atomic mass is 10.2. The van der Waals surface area contributed by atoms with Crippen molar-refractivity contribution in [1.82, 2.24) is 5.43 Å². The van der Waals surface area contributed by atoms with Gasteiger partial charge in [0.2, 0.25) is 0 Å². The van der Waals surface area contributed by atoms with Crippen LogP contribution in [0.3, 0.4) is 0 Å². The molecule has 0 saturated carbocycles. The molecule has 0 fully saturated rings. The molecule has 0 aliphatic carbocycles. The summed E-state index contributed by atoms with van der Waals surface area (Å²) in [5.74, 6) is 1.08. The zero-order chi connectivity index (χ0) is 12.9. The smallest absolute Gasteiger partial charge is 0.330 e. The maximum Gasteiger partial charge on any atom is 0.330 e. The van der Waals surface area contributed by atoms with E-state index in [0.717, 1.165) is 5.56 Å². The molecule has 0 amide bonds. The summed E-state index contributed by atoms with van der Waals surface area (Å²) in [7, 11) is 0. The lowest BCUT2D eigenvalue weighted by Crippen LogP contribution is -2.36. The van der Waals surface area contributed by atoms with Crippen molar-refractivity contribution in [2.24, 2.45) is 5.84 Å². The molecule has 3 nitrogen and oxygen atoms in total. The van der Waals surface area contributed by atoms with Crippen LogP contribution < -0.4 is 11.3 Å². The van der Waals surface area contributed by atoms with Crippen LogP contribution in [-0.2, 0) is 4.74 Å². The van der Waals surface area contributed by atoms with E-state index in [0.29, 0.717) is 0 Å². The first-order chi connectivity index (χ1) is 7.97. The van der Waals surface area contributed by atoms with Crippen LogP contribution in [0, 0.1) is 0 Å². The minimum absolute atomic E-state index is 0.199. The van der Waals surface area contributed by atoms with Gasteiger partial charge < -0.3 is 4.74 Å². The molecule has 1 atom stereocenters. The van der Waals surface area contributed by atoms with Gasteiger partial charge in [0.1, 0.15) is 6.61 Å². The van der Waals surface area contributed by atoms with E-state index in [1.807, 2.05) is 0 Å². The number of rotatable bonds is 7. The van der Waals surface area contributed by atoms with Crippen LogP contribution in [0.2, 0.25) is 0 Å². The molecule has 0 aliphatic heterocycles. The molecular weight excluding hydrogens is 260 g/mol. The van der Waals surface area contributed by atoms with Gasteiger partial charge in [-0.3, -0.25) is 11.3 Å². The number of hydrogen-bond donors (Lipinski definition) is 2. The summed E-state index contributed by atoms with van der Waals surface area (Å²) in [4.78, 5) is 0. The van der Waals surface area contributed by atoms with Crippen molar-refractivity contribution in [1.29, 1.82) is 0 Å². The summed E-state index contributed by atoms with van der Waals surface area (Å²) in [6, 6.07) is 1.25. The summed E-state index contributed by atoms with van der Waals surface area (Å²) < 4.78 is 53.3. The second-order valence-corrected chi connectivity index (χ2v) is 4.13. The molecule has 0 bridgehead atoms. The van der Waals surface area contributed by atoms with Gasteiger partial charge in [0.15, 0.2) is 0 Å². The van der Waals surface area contributed by atoms with Crippen LogP contribution in [0.5, 0.6) is 0 Å². The number of hydrogen-bond acceptors (Lipinski definition) is 4. The number of nitrogens with two attached hydrogens (primary N) is 1. The average Bonchev–Trinajstić information content (AvgIpc) is 2.77. The van der Waals surface area contributed by atoms with Crippen molar-refractivity contribution >= 4 is 11.3 Å². The number of nitrogens with one attached hydrogen (secondary N) is 1. The standard InChI is InChI=1S/C9H12F4N2OS/c10-8(11)9(12,13)5-16-3-7(15-14)6-1-2-17-4-6/h1-2,4,7-8,15H,3,5,14H2.